The predicted molar refractivity (Wildman–Crippen MR) is 140 cm³/mol. The predicted octanol–water partition coefficient (Wildman–Crippen LogP) is 4.57. The number of ether oxygens (including phenoxy) is 1. The second-order valence-corrected chi connectivity index (χ2v) is 8.91. The topological polar surface area (TPSA) is 87.2 Å². The molecule has 0 bridgehead atoms. The second kappa shape index (κ2) is 13.4. The van der Waals surface area contributed by atoms with E-state index in [2.05, 4.69) is 48.8 Å². The number of nitrogens with zero attached hydrogens (tertiary/aromatic N) is 2. The first-order valence-electron chi connectivity index (χ1n) is 11.6. The Balaban J connectivity index is 2.17. The molecule has 186 valence electrons. The van der Waals surface area contributed by atoms with E-state index in [9.17, 15) is 4.79 Å². The Bertz CT molecular complexity index is 938. The molecule has 1 aromatic rings. The molecule has 0 unspecified atom stereocenters. The summed E-state index contributed by atoms with van der Waals surface area (Å²) in [6, 6.07) is 5.57. The van der Waals surface area contributed by atoms with Gasteiger partial charge in [0.25, 0.3) is 5.91 Å². The first kappa shape index (κ1) is 27.0. The van der Waals surface area contributed by atoms with E-state index in [1.807, 2.05) is 48.4 Å². The van der Waals surface area contributed by atoms with E-state index in [0.717, 1.165) is 35.9 Å². The Morgan fingerprint density at radius 3 is 2.44 bits per heavy atom. The van der Waals surface area contributed by atoms with Crippen molar-refractivity contribution in [1.82, 2.24) is 10.2 Å². The molecule has 34 heavy (non-hydrogen) atoms. The van der Waals surface area contributed by atoms with E-state index in [1.165, 1.54) is 0 Å². The van der Waals surface area contributed by atoms with E-state index >= 15 is 0 Å². The van der Waals surface area contributed by atoms with Gasteiger partial charge >= 0.3 is 0 Å². The third-order valence-corrected chi connectivity index (χ3v) is 5.04. The average molecular weight is 470 g/mol. The van der Waals surface area contributed by atoms with Crippen molar-refractivity contribution in [3.05, 3.63) is 53.4 Å². The number of methoxy groups -OCH3 is 1. The minimum Gasteiger partial charge on any atom is -0.494 e. The highest BCUT2D eigenvalue weighted by molar-refractivity contribution is 5.96. The molecule has 0 aliphatic heterocycles. The lowest BCUT2D eigenvalue weighted by Crippen LogP contribution is -2.37. The molecule has 3 N–H and O–H groups in total. The first-order valence-corrected chi connectivity index (χ1v) is 11.6. The highest BCUT2D eigenvalue weighted by atomic mass is 16.6. The number of nitrogens with one attached hydrogen (secondary N) is 3. The molecule has 0 spiro atoms. The van der Waals surface area contributed by atoms with Crippen molar-refractivity contribution >= 4 is 23.6 Å². The number of benzene rings is 1. The smallest absolute Gasteiger partial charge is 0.253 e. The third kappa shape index (κ3) is 7.95. The number of hydrogen-bond donors (Lipinski definition) is 3. The lowest BCUT2D eigenvalue weighted by atomic mass is 10.1. The normalized spacial score (nSPS) is 13.9. The van der Waals surface area contributed by atoms with E-state index in [4.69, 9.17) is 9.57 Å². The molecule has 1 aliphatic rings. The van der Waals surface area contributed by atoms with E-state index in [0.29, 0.717) is 29.6 Å². The van der Waals surface area contributed by atoms with Crippen LogP contribution in [0.25, 0.3) is 0 Å². The fourth-order valence-corrected chi connectivity index (χ4v) is 3.64. The van der Waals surface area contributed by atoms with Crippen molar-refractivity contribution in [2.45, 2.75) is 34.1 Å². The molecule has 0 saturated carbocycles. The Hall–Kier alpha value is -3.26. The van der Waals surface area contributed by atoms with E-state index < -0.39 is 0 Å². The van der Waals surface area contributed by atoms with Gasteiger partial charge in [-0.2, -0.15) is 0 Å². The largest absolute Gasteiger partial charge is 0.494 e. The van der Waals surface area contributed by atoms with Crippen LogP contribution in [0.5, 0.6) is 5.75 Å². The van der Waals surface area contributed by atoms with Gasteiger partial charge in [0.15, 0.2) is 0 Å². The Morgan fingerprint density at radius 2 is 1.85 bits per heavy atom. The maximum Gasteiger partial charge on any atom is 0.253 e. The Morgan fingerprint density at radius 1 is 1.15 bits per heavy atom. The molecule has 8 heteroatoms. The minimum absolute atomic E-state index is 0.0569. The highest BCUT2D eigenvalue weighted by Crippen LogP contribution is 2.27. The number of aliphatic imine (C=N–C) groups is 1. The molecule has 8 nitrogen and oxygen atoms in total. The van der Waals surface area contributed by atoms with Crippen molar-refractivity contribution in [2.24, 2.45) is 16.8 Å². The number of anilines is 2. The zero-order chi connectivity index (χ0) is 25.1. The molecule has 1 aliphatic carbocycles. The maximum absolute atomic E-state index is 13.3. The van der Waals surface area contributed by atoms with Crippen molar-refractivity contribution in [1.29, 1.82) is 0 Å². The van der Waals surface area contributed by atoms with Gasteiger partial charge in [0.1, 0.15) is 5.75 Å². The number of hydrogen-bond acceptors (Lipinski definition) is 6. The summed E-state index contributed by atoms with van der Waals surface area (Å²) in [6.45, 7) is 10.0. The van der Waals surface area contributed by atoms with Gasteiger partial charge < -0.3 is 20.3 Å². The highest BCUT2D eigenvalue weighted by Gasteiger charge is 2.21. The molecule has 0 heterocycles. The summed E-state index contributed by atoms with van der Waals surface area (Å²) < 4.78 is 5.45. The lowest BCUT2D eigenvalue weighted by molar-refractivity contribution is -0.127. The van der Waals surface area contributed by atoms with Crippen LogP contribution in [0.4, 0.5) is 11.4 Å². The molecule has 2 rings (SSSR count). The van der Waals surface area contributed by atoms with Crippen LogP contribution in [-0.4, -0.2) is 51.5 Å². The fraction of sp³-hybridized carbons (Fsp3) is 0.462. The summed E-state index contributed by atoms with van der Waals surface area (Å²) in [6.07, 6.45) is 8.09. The molecule has 0 aromatic heterocycles. The number of rotatable bonds is 12. The van der Waals surface area contributed by atoms with Crippen molar-refractivity contribution < 1.29 is 14.4 Å². The molecule has 0 radical (unpaired) electrons. The van der Waals surface area contributed by atoms with Gasteiger partial charge in [-0.05, 0) is 36.5 Å². The zero-order valence-corrected chi connectivity index (χ0v) is 21.4. The molecule has 0 saturated heterocycles. The molecule has 1 amide bonds. The summed E-state index contributed by atoms with van der Waals surface area (Å²) >= 11 is 0. The quantitative estimate of drug-likeness (QED) is 0.236. The Labute approximate surface area is 203 Å². The van der Waals surface area contributed by atoms with Gasteiger partial charge in [0.05, 0.1) is 43.3 Å². The lowest BCUT2D eigenvalue weighted by Gasteiger charge is -2.27. The maximum atomic E-state index is 13.3. The van der Waals surface area contributed by atoms with Gasteiger partial charge in [0.2, 0.25) is 0 Å². The standard InChI is InChI=1S/C26H39N5O3/c1-18(2)15-31(16-19(3)4)26(32)20-9-8-10-22(24(13-20)27-5)28-17-29-23-12-11-21(30-34-7)14-25(23)33-6/h9-14,17-19,27,30H,8,15-16H2,1-7H3,(H,28,29). The van der Waals surface area contributed by atoms with Crippen LogP contribution in [0.3, 0.4) is 0 Å². The van der Waals surface area contributed by atoms with Crippen LogP contribution in [0.1, 0.15) is 34.1 Å². The van der Waals surface area contributed by atoms with Crippen LogP contribution in [0, 0.1) is 11.8 Å². The van der Waals surface area contributed by atoms with Crippen LogP contribution >= 0.6 is 0 Å². The van der Waals surface area contributed by atoms with Crippen molar-refractivity contribution in [3.63, 3.8) is 0 Å². The summed E-state index contributed by atoms with van der Waals surface area (Å²) in [5, 5.41) is 6.35. The van der Waals surface area contributed by atoms with Crippen molar-refractivity contribution in [2.75, 3.05) is 45.2 Å². The molecule has 1 aromatic carbocycles. The molecular formula is C26H39N5O3. The van der Waals surface area contributed by atoms with Gasteiger partial charge in [0, 0.05) is 31.8 Å². The summed E-state index contributed by atoms with van der Waals surface area (Å²) in [5.41, 5.74) is 6.55. The minimum atomic E-state index is 0.0569. The third-order valence-electron chi connectivity index (χ3n) is 5.04. The van der Waals surface area contributed by atoms with Gasteiger partial charge in [-0.1, -0.05) is 39.8 Å². The average Bonchev–Trinajstić information content (AvgIpc) is 3.00. The Kier molecular flexibility index (Phi) is 10.7. The van der Waals surface area contributed by atoms with Gasteiger partial charge in [-0.25, -0.2) is 4.99 Å². The summed E-state index contributed by atoms with van der Waals surface area (Å²) in [4.78, 5) is 24.8. The monoisotopic (exact) mass is 469 g/mol. The molecular weight excluding hydrogens is 430 g/mol. The van der Waals surface area contributed by atoms with Crippen molar-refractivity contribution in [3.8, 4) is 5.75 Å². The fourth-order valence-electron chi connectivity index (χ4n) is 3.64. The second-order valence-electron chi connectivity index (χ2n) is 8.91. The van der Waals surface area contributed by atoms with Crippen LogP contribution < -0.4 is 20.9 Å². The van der Waals surface area contributed by atoms with Gasteiger partial charge in [-0.15, -0.1) is 0 Å². The SMILES string of the molecule is CNC1=CC(C(=O)N(CC(C)C)CC(C)C)=CCC=C1N=CNc1ccc(NOC)cc1OC. The number of allylic oxidation sites excluding steroid dienone is 2. The van der Waals surface area contributed by atoms with Crippen LogP contribution in [0.2, 0.25) is 0 Å². The van der Waals surface area contributed by atoms with Crippen LogP contribution in [-0.2, 0) is 9.63 Å². The zero-order valence-electron chi connectivity index (χ0n) is 21.4. The van der Waals surface area contributed by atoms with Crippen LogP contribution in [0.15, 0.2) is 58.4 Å². The van der Waals surface area contributed by atoms with E-state index in [-0.39, 0.29) is 5.91 Å². The van der Waals surface area contributed by atoms with Gasteiger partial charge in [-0.3, -0.25) is 15.1 Å². The van der Waals surface area contributed by atoms with E-state index in [1.54, 1.807) is 20.6 Å². The number of amides is 1. The molecule has 0 atom stereocenters. The number of carbonyl (C=O) groups excluding carboxylic acids is 1. The first-order chi connectivity index (χ1) is 16.3. The number of carbonyl (C=O) groups is 1. The summed E-state index contributed by atoms with van der Waals surface area (Å²) in [7, 11) is 5.00. The summed E-state index contributed by atoms with van der Waals surface area (Å²) in [5.74, 6) is 1.52. The number of likely N-dealkylation sites (N-methyl/N-ethyl adjacent to an activating group) is 1. The molecule has 0 fully saturated rings.